The maximum atomic E-state index is 11.4. The second kappa shape index (κ2) is 4.86. The van der Waals surface area contributed by atoms with Crippen LogP contribution < -0.4 is 10.6 Å². The van der Waals surface area contributed by atoms with Gasteiger partial charge in [0.15, 0.2) is 0 Å². The van der Waals surface area contributed by atoms with Crippen LogP contribution in [0.25, 0.3) is 0 Å². The molecule has 1 aromatic rings. The summed E-state index contributed by atoms with van der Waals surface area (Å²) in [5.41, 5.74) is 0.971. The first-order valence-corrected chi connectivity index (χ1v) is 5.52. The van der Waals surface area contributed by atoms with Gasteiger partial charge in [0.25, 0.3) is 0 Å². The molecule has 0 unspecified atom stereocenters. The standard InChI is InChI=1S/C12H14N2O3/c15-11(14-10-5-6-10)7-13-9-3-1-8(2-4-9)12(16)17/h1-4,10,13H,5-7H2,(H,14,15)(H,16,17). The molecule has 0 spiro atoms. The normalized spacial score (nSPS) is 14.1. The van der Waals surface area contributed by atoms with Crippen LogP contribution in [0.2, 0.25) is 0 Å². The average molecular weight is 234 g/mol. The quantitative estimate of drug-likeness (QED) is 0.712. The van der Waals surface area contributed by atoms with Gasteiger partial charge in [0.2, 0.25) is 5.91 Å². The second-order valence-electron chi connectivity index (χ2n) is 4.08. The molecule has 17 heavy (non-hydrogen) atoms. The molecule has 1 aliphatic carbocycles. The van der Waals surface area contributed by atoms with Gasteiger partial charge in [0, 0.05) is 11.7 Å². The number of carboxylic acid groups (broad SMARTS) is 1. The third-order valence-corrected chi connectivity index (χ3v) is 2.53. The van der Waals surface area contributed by atoms with E-state index in [0.717, 1.165) is 18.5 Å². The van der Waals surface area contributed by atoms with Crippen molar-refractivity contribution in [3.63, 3.8) is 0 Å². The predicted octanol–water partition coefficient (Wildman–Crippen LogP) is 1.08. The van der Waals surface area contributed by atoms with Crippen molar-refractivity contribution in [1.29, 1.82) is 0 Å². The van der Waals surface area contributed by atoms with Gasteiger partial charge in [-0.2, -0.15) is 0 Å². The van der Waals surface area contributed by atoms with Crippen molar-refractivity contribution in [2.75, 3.05) is 11.9 Å². The van der Waals surface area contributed by atoms with Gasteiger partial charge in [-0.3, -0.25) is 4.79 Å². The number of carbonyl (C=O) groups excluding carboxylic acids is 1. The number of aromatic carboxylic acids is 1. The van der Waals surface area contributed by atoms with Gasteiger partial charge in [-0.25, -0.2) is 4.79 Å². The number of anilines is 1. The van der Waals surface area contributed by atoms with Gasteiger partial charge in [-0.1, -0.05) is 0 Å². The first kappa shape index (κ1) is 11.4. The largest absolute Gasteiger partial charge is 0.478 e. The maximum Gasteiger partial charge on any atom is 0.335 e. The summed E-state index contributed by atoms with van der Waals surface area (Å²) in [6.07, 6.45) is 2.14. The van der Waals surface area contributed by atoms with Crippen LogP contribution in [0, 0.1) is 0 Å². The number of carboxylic acids is 1. The third-order valence-electron chi connectivity index (χ3n) is 2.53. The Hall–Kier alpha value is -2.04. The Labute approximate surface area is 98.8 Å². The molecular formula is C12H14N2O3. The molecule has 0 bridgehead atoms. The first-order chi connectivity index (χ1) is 8.15. The molecule has 0 heterocycles. The number of hydrogen-bond acceptors (Lipinski definition) is 3. The number of rotatable bonds is 5. The molecule has 90 valence electrons. The number of hydrogen-bond donors (Lipinski definition) is 3. The molecule has 1 aliphatic rings. The Balaban J connectivity index is 1.81. The van der Waals surface area contributed by atoms with E-state index in [2.05, 4.69) is 10.6 Å². The van der Waals surface area contributed by atoms with Crippen LogP contribution in [0.3, 0.4) is 0 Å². The fourth-order valence-corrected chi connectivity index (χ4v) is 1.42. The van der Waals surface area contributed by atoms with Crippen LogP contribution in [0.1, 0.15) is 23.2 Å². The molecule has 0 aromatic heterocycles. The third kappa shape index (κ3) is 3.48. The Morgan fingerprint density at radius 1 is 1.24 bits per heavy atom. The predicted molar refractivity (Wildman–Crippen MR) is 63.1 cm³/mol. The molecule has 1 amide bonds. The van der Waals surface area contributed by atoms with Crippen LogP contribution in [0.5, 0.6) is 0 Å². The summed E-state index contributed by atoms with van der Waals surface area (Å²) in [6.45, 7) is 0.211. The van der Waals surface area contributed by atoms with E-state index in [1.165, 1.54) is 12.1 Å². The van der Waals surface area contributed by atoms with E-state index < -0.39 is 5.97 Å². The topological polar surface area (TPSA) is 78.4 Å². The number of carbonyl (C=O) groups is 2. The fraction of sp³-hybridized carbons (Fsp3) is 0.333. The monoisotopic (exact) mass is 234 g/mol. The first-order valence-electron chi connectivity index (χ1n) is 5.52. The highest BCUT2D eigenvalue weighted by atomic mass is 16.4. The minimum Gasteiger partial charge on any atom is -0.478 e. The van der Waals surface area contributed by atoms with Crippen LogP contribution in [-0.2, 0) is 4.79 Å². The van der Waals surface area contributed by atoms with Crippen molar-refractivity contribution < 1.29 is 14.7 Å². The van der Waals surface area contributed by atoms with Crippen molar-refractivity contribution in [2.24, 2.45) is 0 Å². The minimum atomic E-state index is -0.956. The molecule has 0 radical (unpaired) electrons. The minimum absolute atomic E-state index is 0.0326. The van der Waals surface area contributed by atoms with E-state index >= 15 is 0 Å². The van der Waals surface area contributed by atoms with Gasteiger partial charge in [0.1, 0.15) is 0 Å². The van der Waals surface area contributed by atoms with E-state index in [1.54, 1.807) is 12.1 Å². The summed E-state index contributed by atoms with van der Waals surface area (Å²) >= 11 is 0. The highest BCUT2D eigenvalue weighted by molar-refractivity contribution is 5.88. The summed E-state index contributed by atoms with van der Waals surface area (Å²) in [5.74, 6) is -0.988. The van der Waals surface area contributed by atoms with Crippen LogP contribution >= 0.6 is 0 Å². The van der Waals surface area contributed by atoms with Gasteiger partial charge >= 0.3 is 5.97 Å². The lowest BCUT2D eigenvalue weighted by atomic mass is 10.2. The Morgan fingerprint density at radius 3 is 2.41 bits per heavy atom. The highest BCUT2D eigenvalue weighted by Gasteiger charge is 2.22. The molecule has 1 saturated carbocycles. The van der Waals surface area contributed by atoms with Crippen molar-refractivity contribution >= 4 is 17.6 Å². The fourth-order valence-electron chi connectivity index (χ4n) is 1.42. The Kier molecular flexibility index (Phi) is 3.27. The van der Waals surface area contributed by atoms with Crippen molar-refractivity contribution in [1.82, 2.24) is 5.32 Å². The number of benzene rings is 1. The summed E-state index contributed by atoms with van der Waals surface area (Å²) in [5, 5.41) is 14.5. The lowest BCUT2D eigenvalue weighted by Crippen LogP contribution is -2.31. The highest BCUT2D eigenvalue weighted by Crippen LogP contribution is 2.18. The van der Waals surface area contributed by atoms with Crippen LogP contribution in [0.15, 0.2) is 24.3 Å². The Morgan fingerprint density at radius 2 is 1.88 bits per heavy atom. The summed E-state index contributed by atoms with van der Waals surface area (Å²) in [4.78, 5) is 22.0. The van der Waals surface area contributed by atoms with E-state index in [4.69, 9.17) is 5.11 Å². The summed E-state index contributed by atoms with van der Waals surface area (Å²) < 4.78 is 0. The molecule has 5 nitrogen and oxygen atoms in total. The van der Waals surface area contributed by atoms with Gasteiger partial charge in [0.05, 0.1) is 12.1 Å². The van der Waals surface area contributed by atoms with Gasteiger partial charge < -0.3 is 15.7 Å². The van der Waals surface area contributed by atoms with Crippen molar-refractivity contribution in [3.8, 4) is 0 Å². The SMILES string of the molecule is O=C(CNc1ccc(C(=O)O)cc1)NC1CC1. The molecule has 1 aromatic carbocycles. The van der Waals surface area contributed by atoms with E-state index in [1.807, 2.05) is 0 Å². The second-order valence-corrected chi connectivity index (χ2v) is 4.08. The molecule has 5 heteroatoms. The molecule has 3 N–H and O–H groups in total. The smallest absolute Gasteiger partial charge is 0.335 e. The Bertz CT molecular complexity index is 424. The molecular weight excluding hydrogens is 220 g/mol. The number of nitrogens with one attached hydrogen (secondary N) is 2. The molecule has 0 saturated heterocycles. The lowest BCUT2D eigenvalue weighted by molar-refractivity contribution is -0.119. The zero-order valence-electron chi connectivity index (χ0n) is 9.27. The van der Waals surface area contributed by atoms with E-state index in [-0.39, 0.29) is 18.0 Å². The zero-order chi connectivity index (χ0) is 12.3. The molecule has 0 aliphatic heterocycles. The average Bonchev–Trinajstić information content (AvgIpc) is 3.11. The molecule has 0 atom stereocenters. The van der Waals surface area contributed by atoms with Gasteiger partial charge in [-0.05, 0) is 37.1 Å². The van der Waals surface area contributed by atoms with Crippen LogP contribution in [0.4, 0.5) is 5.69 Å². The lowest BCUT2D eigenvalue weighted by Gasteiger charge is -2.07. The van der Waals surface area contributed by atoms with Crippen molar-refractivity contribution in [2.45, 2.75) is 18.9 Å². The van der Waals surface area contributed by atoms with E-state index in [9.17, 15) is 9.59 Å². The van der Waals surface area contributed by atoms with Crippen LogP contribution in [-0.4, -0.2) is 29.6 Å². The summed E-state index contributed by atoms with van der Waals surface area (Å²) in [6, 6.07) is 6.66. The van der Waals surface area contributed by atoms with Gasteiger partial charge in [-0.15, -0.1) is 0 Å². The molecule has 2 rings (SSSR count). The van der Waals surface area contributed by atoms with Crippen molar-refractivity contribution in [3.05, 3.63) is 29.8 Å². The number of amides is 1. The molecule has 1 fully saturated rings. The summed E-state index contributed by atoms with van der Waals surface area (Å²) in [7, 11) is 0. The zero-order valence-corrected chi connectivity index (χ0v) is 9.27. The van der Waals surface area contributed by atoms with E-state index in [0.29, 0.717) is 6.04 Å². The maximum absolute atomic E-state index is 11.4.